The van der Waals surface area contributed by atoms with E-state index < -0.39 is 5.97 Å². The van der Waals surface area contributed by atoms with Gasteiger partial charge in [0.1, 0.15) is 5.75 Å². The summed E-state index contributed by atoms with van der Waals surface area (Å²) in [6.45, 7) is 2.20. The maximum absolute atomic E-state index is 11.6. The van der Waals surface area contributed by atoms with Crippen LogP contribution in [0.4, 0.5) is 0 Å². The standard InChI is InChI=1S/C17H16N2O5S/c1-11-3-5-13(6-4-11)23-9-14-18-19-17(24-14)25-10-12-7-8-22-15(12)16(20)21-2/h3-8H,9-10H2,1-2H3. The number of furan rings is 1. The summed E-state index contributed by atoms with van der Waals surface area (Å²) in [7, 11) is 1.31. The lowest BCUT2D eigenvalue weighted by Gasteiger charge is -2.02. The van der Waals surface area contributed by atoms with Gasteiger partial charge in [-0.3, -0.25) is 0 Å². The fourth-order valence-electron chi connectivity index (χ4n) is 2.00. The number of hydrogen-bond acceptors (Lipinski definition) is 8. The van der Waals surface area contributed by atoms with E-state index in [1.807, 2.05) is 31.2 Å². The summed E-state index contributed by atoms with van der Waals surface area (Å²) >= 11 is 1.30. The van der Waals surface area contributed by atoms with Gasteiger partial charge in [0, 0.05) is 11.3 Å². The molecule has 1 aromatic carbocycles. The van der Waals surface area contributed by atoms with Crippen LogP contribution in [-0.4, -0.2) is 23.3 Å². The van der Waals surface area contributed by atoms with Crippen molar-refractivity contribution in [1.82, 2.24) is 10.2 Å². The fraction of sp³-hybridized carbons (Fsp3) is 0.235. The Balaban J connectivity index is 1.54. The molecular formula is C17H16N2O5S. The molecule has 7 nitrogen and oxygen atoms in total. The summed E-state index contributed by atoms with van der Waals surface area (Å²) in [5.74, 6) is 1.22. The first-order valence-electron chi connectivity index (χ1n) is 7.45. The molecule has 0 N–H and O–H groups in total. The van der Waals surface area contributed by atoms with Gasteiger partial charge in [0.25, 0.3) is 11.1 Å². The van der Waals surface area contributed by atoms with E-state index in [2.05, 4.69) is 14.9 Å². The minimum Gasteiger partial charge on any atom is -0.484 e. The third-order valence-corrected chi connectivity index (χ3v) is 4.17. The molecule has 2 aromatic heterocycles. The lowest BCUT2D eigenvalue weighted by atomic mass is 10.2. The number of esters is 1. The van der Waals surface area contributed by atoms with Crippen molar-refractivity contribution >= 4 is 17.7 Å². The number of carbonyl (C=O) groups excluding carboxylic acids is 1. The first-order chi connectivity index (χ1) is 12.2. The number of rotatable bonds is 7. The van der Waals surface area contributed by atoms with E-state index in [-0.39, 0.29) is 12.4 Å². The molecule has 130 valence electrons. The second-order valence-corrected chi connectivity index (χ2v) is 6.05. The minimum absolute atomic E-state index is 0.178. The van der Waals surface area contributed by atoms with Crippen LogP contribution in [0.25, 0.3) is 0 Å². The van der Waals surface area contributed by atoms with Crippen molar-refractivity contribution in [1.29, 1.82) is 0 Å². The van der Waals surface area contributed by atoms with Gasteiger partial charge in [-0.2, -0.15) is 0 Å². The number of aryl methyl sites for hydroxylation is 1. The van der Waals surface area contributed by atoms with Crippen LogP contribution in [-0.2, 0) is 17.1 Å². The number of thioether (sulfide) groups is 1. The predicted octanol–water partition coefficient (Wildman–Crippen LogP) is 3.63. The minimum atomic E-state index is -0.515. The van der Waals surface area contributed by atoms with Gasteiger partial charge in [-0.15, -0.1) is 10.2 Å². The number of methoxy groups -OCH3 is 1. The second kappa shape index (κ2) is 7.89. The maximum atomic E-state index is 11.6. The van der Waals surface area contributed by atoms with Crippen LogP contribution >= 0.6 is 11.8 Å². The molecule has 25 heavy (non-hydrogen) atoms. The van der Waals surface area contributed by atoms with Crippen molar-refractivity contribution in [2.24, 2.45) is 0 Å². The number of carbonyl (C=O) groups is 1. The molecule has 2 heterocycles. The summed E-state index contributed by atoms with van der Waals surface area (Å²) < 4.78 is 20.9. The summed E-state index contributed by atoms with van der Waals surface area (Å²) in [4.78, 5) is 11.6. The van der Waals surface area contributed by atoms with E-state index >= 15 is 0 Å². The topological polar surface area (TPSA) is 87.6 Å². The van der Waals surface area contributed by atoms with Crippen LogP contribution in [0.1, 0.15) is 27.6 Å². The van der Waals surface area contributed by atoms with Gasteiger partial charge in [-0.25, -0.2) is 4.79 Å². The van der Waals surface area contributed by atoms with Gasteiger partial charge in [0.15, 0.2) is 6.61 Å². The highest BCUT2D eigenvalue weighted by molar-refractivity contribution is 7.98. The molecule has 0 spiro atoms. The van der Waals surface area contributed by atoms with Crippen molar-refractivity contribution < 1.29 is 23.1 Å². The largest absolute Gasteiger partial charge is 0.484 e. The van der Waals surface area contributed by atoms with E-state index in [1.165, 1.54) is 25.1 Å². The Morgan fingerprint density at radius 1 is 1.20 bits per heavy atom. The number of nitrogens with zero attached hydrogens (tertiary/aromatic N) is 2. The Morgan fingerprint density at radius 3 is 2.76 bits per heavy atom. The molecule has 0 fully saturated rings. The molecule has 0 aliphatic rings. The first-order valence-corrected chi connectivity index (χ1v) is 8.43. The van der Waals surface area contributed by atoms with Gasteiger partial charge < -0.3 is 18.3 Å². The smallest absolute Gasteiger partial charge is 0.374 e. The van der Waals surface area contributed by atoms with Crippen molar-refractivity contribution in [2.75, 3.05) is 7.11 Å². The zero-order valence-corrected chi connectivity index (χ0v) is 14.5. The lowest BCUT2D eigenvalue weighted by molar-refractivity contribution is 0.0564. The molecule has 0 unspecified atom stereocenters. The van der Waals surface area contributed by atoms with E-state index in [4.69, 9.17) is 13.6 Å². The number of aromatic nitrogens is 2. The normalized spacial score (nSPS) is 10.6. The molecule has 8 heteroatoms. The second-order valence-electron chi connectivity index (χ2n) is 5.12. The molecule has 0 amide bonds. The Hall–Kier alpha value is -2.74. The van der Waals surface area contributed by atoms with Crippen LogP contribution < -0.4 is 4.74 Å². The molecular weight excluding hydrogens is 344 g/mol. The molecule has 0 saturated carbocycles. The molecule has 3 aromatic rings. The number of ether oxygens (including phenoxy) is 2. The van der Waals surface area contributed by atoms with Crippen molar-refractivity contribution in [3.63, 3.8) is 0 Å². The zero-order chi connectivity index (χ0) is 17.6. The van der Waals surface area contributed by atoms with E-state index in [1.54, 1.807) is 6.07 Å². The Bertz CT molecular complexity index is 841. The van der Waals surface area contributed by atoms with Gasteiger partial charge in [0.2, 0.25) is 5.76 Å². The van der Waals surface area contributed by atoms with Gasteiger partial charge in [-0.1, -0.05) is 29.5 Å². The van der Waals surface area contributed by atoms with Gasteiger partial charge in [-0.05, 0) is 25.1 Å². The van der Waals surface area contributed by atoms with Crippen LogP contribution in [0.2, 0.25) is 0 Å². The highest BCUT2D eigenvalue weighted by Gasteiger charge is 2.17. The first kappa shape index (κ1) is 17.1. The van der Waals surface area contributed by atoms with Crippen molar-refractivity contribution in [3.05, 3.63) is 59.4 Å². The fourth-order valence-corrected chi connectivity index (χ4v) is 2.76. The van der Waals surface area contributed by atoms with E-state index in [0.717, 1.165) is 11.3 Å². The van der Waals surface area contributed by atoms with E-state index in [0.29, 0.717) is 22.4 Å². The van der Waals surface area contributed by atoms with Gasteiger partial charge >= 0.3 is 5.97 Å². The van der Waals surface area contributed by atoms with Crippen LogP contribution in [0, 0.1) is 6.92 Å². The quantitative estimate of drug-likeness (QED) is 0.466. The number of hydrogen-bond donors (Lipinski definition) is 0. The van der Waals surface area contributed by atoms with Gasteiger partial charge in [0.05, 0.1) is 13.4 Å². The van der Waals surface area contributed by atoms with E-state index in [9.17, 15) is 4.79 Å². The molecule has 0 bridgehead atoms. The van der Waals surface area contributed by atoms with Crippen molar-refractivity contribution in [3.8, 4) is 5.75 Å². The molecule has 0 radical (unpaired) electrons. The Morgan fingerprint density at radius 2 is 2.00 bits per heavy atom. The Labute approximate surface area is 148 Å². The highest BCUT2D eigenvalue weighted by Crippen LogP contribution is 2.25. The molecule has 0 atom stereocenters. The third-order valence-electron chi connectivity index (χ3n) is 3.30. The monoisotopic (exact) mass is 360 g/mol. The summed E-state index contributed by atoms with van der Waals surface area (Å²) in [5, 5.41) is 8.29. The lowest BCUT2D eigenvalue weighted by Crippen LogP contribution is -2.02. The molecule has 0 aliphatic carbocycles. The summed E-state index contributed by atoms with van der Waals surface area (Å²) in [6.07, 6.45) is 1.44. The van der Waals surface area contributed by atoms with Crippen LogP contribution in [0.3, 0.4) is 0 Å². The Kier molecular flexibility index (Phi) is 5.39. The average Bonchev–Trinajstić information content (AvgIpc) is 3.28. The highest BCUT2D eigenvalue weighted by atomic mass is 32.2. The molecule has 0 aliphatic heterocycles. The number of benzene rings is 1. The SMILES string of the molecule is COC(=O)c1occc1CSc1nnc(COc2ccc(C)cc2)o1. The average molecular weight is 360 g/mol. The molecule has 0 saturated heterocycles. The maximum Gasteiger partial charge on any atom is 0.374 e. The van der Waals surface area contributed by atoms with Crippen LogP contribution in [0.5, 0.6) is 5.75 Å². The van der Waals surface area contributed by atoms with Crippen molar-refractivity contribution in [2.45, 2.75) is 24.5 Å². The molecule has 3 rings (SSSR count). The predicted molar refractivity (Wildman–Crippen MR) is 89.4 cm³/mol. The zero-order valence-electron chi connectivity index (χ0n) is 13.7. The van der Waals surface area contributed by atoms with Crippen LogP contribution in [0.15, 0.2) is 50.7 Å². The summed E-state index contributed by atoms with van der Waals surface area (Å²) in [6, 6.07) is 9.41. The third kappa shape index (κ3) is 4.42. The summed E-state index contributed by atoms with van der Waals surface area (Å²) in [5.41, 5.74) is 1.86.